The molecule has 3 fully saturated rings. The molecule has 3 aliphatic carbocycles. The van der Waals surface area contributed by atoms with Crippen molar-refractivity contribution in [3.63, 3.8) is 0 Å². The molecule has 31 heavy (non-hydrogen) atoms. The van der Waals surface area contributed by atoms with Gasteiger partial charge in [-0.3, -0.25) is 9.59 Å². The van der Waals surface area contributed by atoms with Crippen LogP contribution in [-0.2, 0) is 4.79 Å². The summed E-state index contributed by atoms with van der Waals surface area (Å²) in [4.78, 5) is 24.6. The molecule has 3 aliphatic rings. The SMILES string of the molecule is CC(C)COc1c(C(=O)NC[C@H]2CCC3CC2C3(C)C)cnn1/C=C/C(C)(C)C(N)=O. The van der Waals surface area contributed by atoms with Crippen molar-refractivity contribution < 1.29 is 14.3 Å². The lowest BCUT2D eigenvalue weighted by Gasteiger charge is -2.60. The Labute approximate surface area is 185 Å². The molecular formula is C24H38N4O3. The maximum Gasteiger partial charge on any atom is 0.258 e. The number of amides is 2. The lowest BCUT2D eigenvalue weighted by Crippen LogP contribution is -2.54. The summed E-state index contributed by atoms with van der Waals surface area (Å²) >= 11 is 0. The minimum absolute atomic E-state index is 0.174. The smallest absolute Gasteiger partial charge is 0.258 e. The van der Waals surface area contributed by atoms with Gasteiger partial charge in [0, 0.05) is 12.7 Å². The third kappa shape index (κ3) is 4.80. The van der Waals surface area contributed by atoms with E-state index in [-0.39, 0.29) is 5.91 Å². The Morgan fingerprint density at radius 1 is 1.39 bits per heavy atom. The number of nitrogens with zero attached hydrogens (tertiary/aromatic N) is 2. The van der Waals surface area contributed by atoms with Crippen LogP contribution in [0.5, 0.6) is 5.88 Å². The number of aromatic nitrogens is 2. The number of carbonyl (C=O) groups is 2. The van der Waals surface area contributed by atoms with Crippen LogP contribution >= 0.6 is 0 Å². The van der Waals surface area contributed by atoms with Crippen LogP contribution in [0.15, 0.2) is 12.3 Å². The average molecular weight is 431 g/mol. The van der Waals surface area contributed by atoms with Gasteiger partial charge in [-0.1, -0.05) is 33.8 Å². The third-order valence-corrected chi connectivity index (χ3v) is 7.34. The van der Waals surface area contributed by atoms with Crippen LogP contribution in [0, 0.1) is 34.5 Å². The molecule has 7 heteroatoms. The van der Waals surface area contributed by atoms with Gasteiger partial charge in [-0.2, -0.15) is 5.10 Å². The van der Waals surface area contributed by atoms with Gasteiger partial charge >= 0.3 is 0 Å². The minimum atomic E-state index is -0.835. The Balaban J connectivity index is 1.73. The van der Waals surface area contributed by atoms with Gasteiger partial charge in [-0.25, -0.2) is 4.68 Å². The summed E-state index contributed by atoms with van der Waals surface area (Å²) in [6.07, 6.45) is 8.55. The van der Waals surface area contributed by atoms with Gasteiger partial charge < -0.3 is 15.8 Å². The first-order valence-electron chi connectivity index (χ1n) is 11.4. The number of fused-ring (bicyclic) bond motifs is 2. The van der Waals surface area contributed by atoms with E-state index in [1.165, 1.54) is 30.1 Å². The minimum Gasteiger partial charge on any atom is -0.477 e. The van der Waals surface area contributed by atoms with Crippen molar-refractivity contribution in [1.82, 2.24) is 15.1 Å². The maximum absolute atomic E-state index is 13.0. The number of rotatable bonds is 9. The van der Waals surface area contributed by atoms with E-state index < -0.39 is 11.3 Å². The Morgan fingerprint density at radius 2 is 2.10 bits per heavy atom. The van der Waals surface area contributed by atoms with Crippen molar-refractivity contribution in [3.05, 3.63) is 17.8 Å². The molecule has 2 bridgehead atoms. The highest BCUT2D eigenvalue weighted by Crippen LogP contribution is 2.61. The standard InChI is InChI=1S/C24H38N4O3/c1-15(2)14-31-21-18(13-27-28(21)10-9-23(3,4)22(25)30)20(29)26-12-16-7-8-17-11-19(16)24(17,5)6/h9-10,13,15-17,19H,7-8,11-12,14H2,1-6H3,(H2,25,30)(H,26,29)/b10-9+/t16-,17?,19?/m1/s1. The second-order valence-electron chi connectivity index (χ2n) is 10.8. The van der Waals surface area contributed by atoms with Gasteiger partial charge in [0.1, 0.15) is 5.56 Å². The van der Waals surface area contributed by atoms with E-state index in [0.29, 0.717) is 47.8 Å². The number of nitrogens with one attached hydrogen (secondary N) is 1. The van der Waals surface area contributed by atoms with Crippen molar-refractivity contribution in [2.45, 2.75) is 60.8 Å². The molecule has 1 aromatic rings. The Bertz CT molecular complexity index is 851. The molecular weight excluding hydrogens is 392 g/mol. The van der Waals surface area contributed by atoms with Crippen molar-refractivity contribution in [3.8, 4) is 5.88 Å². The van der Waals surface area contributed by atoms with Crippen LogP contribution in [0.4, 0.5) is 0 Å². The predicted octanol–water partition coefficient (Wildman–Crippen LogP) is 3.70. The normalized spacial score (nSPS) is 24.8. The van der Waals surface area contributed by atoms with Crippen LogP contribution in [0.2, 0.25) is 0 Å². The molecule has 2 amide bonds. The summed E-state index contributed by atoms with van der Waals surface area (Å²) in [5.74, 6) is 2.12. The lowest BCUT2D eigenvalue weighted by atomic mass is 9.45. The first-order valence-corrected chi connectivity index (χ1v) is 11.4. The predicted molar refractivity (Wildman–Crippen MR) is 121 cm³/mol. The molecule has 0 aliphatic heterocycles. The van der Waals surface area contributed by atoms with Crippen molar-refractivity contribution in [2.24, 2.45) is 40.2 Å². The largest absolute Gasteiger partial charge is 0.477 e. The molecule has 2 unspecified atom stereocenters. The van der Waals surface area contributed by atoms with Gasteiger partial charge in [0.15, 0.2) is 0 Å². The zero-order valence-corrected chi connectivity index (χ0v) is 19.8. The zero-order valence-electron chi connectivity index (χ0n) is 19.8. The number of carbonyl (C=O) groups excluding carboxylic acids is 2. The van der Waals surface area contributed by atoms with Gasteiger partial charge in [0.2, 0.25) is 11.8 Å². The number of hydrogen-bond acceptors (Lipinski definition) is 4. The van der Waals surface area contributed by atoms with E-state index in [1.54, 1.807) is 26.1 Å². The Kier molecular flexibility index (Phi) is 6.53. The maximum atomic E-state index is 13.0. The molecule has 1 heterocycles. The van der Waals surface area contributed by atoms with E-state index >= 15 is 0 Å². The number of hydrogen-bond donors (Lipinski definition) is 2. The fraction of sp³-hybridized carbons (Fsp3) is 0.708. The van der Waals surface area contributed by atoms with E-state index in [4.69, 9.17) is 10.5 Å². The first-order chi connectivity index (χ1) is 14.4. The topological polar surface area (TPSA) is 99.2 Å². The van der Waals surface area contributed by atoms with Crippen molar-refractivity contribution in [2.75, 3.05) is 13.2 Å². The van der Waals surface area contributed by atoms with Gasteiger partial charge in [-0.15, -0.1) is 0 Å². The Morgan fingerprint density at radius 3 is 2.68 bits per heavy atom. The molecule has 0 aromatic carbocycles. The monoisotopic (exact) mass is 430 g/mol. The van der Waals surface area contributed by atoms with E-state index in [2.05, 4.69) is 24.3 Å². The molecule has 3 N–H and O–H groups in total. The van der Waals surface area contributed by atoms with Crippen molar-refractivity contribution in [1.29, 1.82) is 0 Å². The van der Waals surface area contributed by atoms with Crippen LogP contribution in [0.25, 0.3) is 6.20 Å². The average Bonchev–Trinajstić information content (AvgIpc) is 3.11. The molecule has 3 atom stereocenters. The summed E-state index contributed by atoms with van der Waals surface area (Å²) < 4.78 is 7.44. The van der Waals surface area contributed by atoms with Gasteiger partial charge in [0.25, 0.3) is 5.91 Å². The van der Waals surface area contributed by atoms with Crippen LogP contribution < -0.4 is 15.8 Å². The van der Waals surface area contributed by atoms with E-state index in [1.807, 2.05) is 13.8 Å². The molecule has 0 spiro atoms. The molecule has 0 radical (unpaired) electrons. The summed E-state index contributed by atoms with van der Waals surface area (Å²) in [5.41, 5.74) is 5.41. The van der Waals surface area contributed by atoms with Crippen LogP contribution in [-0.4, -0.2) is 34.7 Å². The summed E-state index contributed by atoms with van der Waals surface area (Å²) in [6.45, 7) is 13.4. The molecule has 7 nitrogen and oxygen atoms in total. The summed E-state index contributed by atoms with van der Waals surface area (Å²) in [5, 5.41) is 7.43. The molecule has 172 valence electrons. The fourth-order valence-corrected chi connectivity index (χ4v) is 4.87. The molecule has 0 saturated heterocycles. The van der Waals surface area contributed by atoms with Crippen LogP contribution in [0.1, 0.15) is 71.2 Å². The molecule has 1 aromatic heterocycles. The summed E-state index contributed by atoms with van der Waals surface area (Å²) in [6, 6.07) is 0. The van der Waals surface area contributed by atoms with E-state index in [9.17, 15) is 9.59 Å². The quantitative estimate of drug-likeness (QED) is 0.624. The fourth-order valence-electron chi connectivity index (χ4n) is 4.87. The van der Waals surface area contributed by atoms with Crippen molar-refractivity contribution >= 4 is 18.0 Å². The van der Waals surface area contributed by atoms with Gasteiger partial charge in [-0.05, 0) is 62.2 Å². The zero-order chi connectivity index (χ0) is 23.0. The number of ether oxygens (including phenoxy) is 1. The molecule has 3 saturated carbocycles. The molecule has 4 rings (SSSR count). The second kappa shape index (κ2) is 8.67. The number of nitrogens with two attached hydrogens (primary N) is 1. The highest BCUT2D eigenvalue weighted by atomic mass is 16.5. The van der Waals surface area contributed by atoms with Gasteiger partial charge in [0.05, 0.1) is 18.2 Å². The highest BCUT2D eigenvalue weighted by molar-refractivity contribution is 5.96. The second-order valence-corrected chi connectivity index (χ2v) is 10.8. The number of primary amides is 1. The van der Waals surface area contributed by atoms with Crippen LogP contribution in [0.3, 0.4) is 0 Å². The third-order valence-electron chi connectivity index (χ3n) is 7.34. The lowest BCUT2D eigenvalue weighted by molar-refractivity contribution is -0.123. The summed E-state index contributed by atoms with van der Waals surface area (Å²) in [7, 11) is 0. The first kappa shape index (κ1) is 23.4. The Hall–Kier alpha value is -2.31. The highest BCUT2D eigenvalue weighted by Gasteiger charge is 2.53. The van der Waals surface area contributed by atoms with E-state index in [0.717, 1.165) is 5.92 Å².